The number of aromatic hydroxyl groups is 1. The molecule has 1 aliphatic carbocycles. The number of carbonyl (C=O) groups is 1. The molecule has 4 nitrogen and oxygen atoms in total. The quantitative estimate of drug-likeness (QED) is 0.811. The summed E-state index contributed by atoms with van der Waals surface area (Å²) < 4.78 is 0. The number of aryl methyl sites for hydroxylation is 1. The number of halogens is 1. The van der Waals surface area contributed by atoms with Crippen LogP contribution in [0.1, 0.15) is 22.3 Å². The number of Topliss-reactive ketones (excluding diaryl/α,β-unsaturated/α-hetero) is 1. The van der Waals surface area contributed by atoms with Crippen LogP contribution in [0.25, 0.3) is 0 Å². The molecular weight excluding hydrogens is 252 g/mol. The molecule has 1 unspecified atom stereocenters. The summed E-state index contributed by atoms with van der Waals surface area (Å²) in [4.78, 5) is 16.6. The minimum absolute atomic E-state index is 0. The molecule has 1 aliphatic heterocycles. The molecule has 96 valence electrons. The normalized spacial score (nSPS) is 21.7. The first-order valence-electron chi connectivity index (χ1n) is 5.90. The third kappa shape index (κ3) is 2.08. The van der Waals surface area contributed by atoms with Crippen molar-refractivity contribution in [2.75, 3.05) is 13.1 Å². The molecule has 0 saturated heterocycles. The Bertz CT molecular complexity index is 514. The number of benzene rings is 1. The van der Waals surface area contributed by atoms with Gasteiger partial charge in [-0.1, -0.05) is 0 Å². The van der Waals surface area contributed by atoms with Gasteiger partial charge in [-0.05, 0) is 36.6 Å². The maximum atomic E-state index is 12.3. The van der Waals surface area contributed by atoms with Crippen LogP contribution in [0.3, 0.4) is 0 Å². The largest absolute Gasteiger partial charge is 0.508 e. The van der Waals surface area contributed by atoms with E-state index in [0.717, 1.165) is 42.9 Å². The molecule has 2 aliphatic rings. The number of phenolic OH excluding ortho intramolecular Hbond substituents is 1. The molecule has 1 aromatic rings. The highest BCUT2D eigenvalue weighted by Gasteiger charge is 2.32. The highest BCUT2D eigenvalue weighted by molar-refractivity contribution is 6.13. The third-order valence-corrected chi connectivity index (χ3v) is 3.40. The van der Waals surface area contributed by atoms with E-state index in [1.165, 1.54) is 0 Å². The van der Waals surface area contributed by atoms with Gasteiger partial charge in [0.2, 0.25) is 0 Å². The van der Waals surface area contributed by atoms with Gasteiger partial charge in [0.15, 0.2) is 5.78 Å². The van der Waals surface area contributed by atoms with Gasteiger partial charge in [-0.25, -0.2) is 0 Å². The topological polar surface area (TPSA) is 61.7 Å². The van der Waals surface area contributed by atoms with Gasteiger partial charge >= 0.3 is 0 Å². The fourth-order valence-electron chi connectivity index (χ4n) is 2.56. The molecule has 2 N–H and O–H groups in total. The molecule has 0 radical (unpaired) electrons. The van der Waals surface area contributed by atoms with E-state index < -0.39 is 0 Å². The summed E-state index contributed by atoms with van der Waals surface area (Å²) in [7, 11) is 0. The second-order valence-electron chi connectivity index (χ2n) is 4.49. The maximum absolute atomic E-state index is 12.3. The lowest BCUT2D eigenvalue weighted by Gasteiger charge is -2.23. The number of nitrogens with zero attached hydrogens (tertiary/aromatic N) is 1. The molecule has 5 heteroatoms. The second-order valence-corrected chi connectivity index (χ2v) is 4.49. The van der Waals surface area contributed by atoms with Crippen molar-refractivity contribution >= 4 is 24.0 Å². The van der Waals surface area contributed by atoms with Gasteiger partial charge in [0.25, 0.3) is 0 Å². The molecule has 1 aromatic carbocycles. The van der Waals surface area contributed by atoms with Crippen LogP contribution in [-0.4, -0.2) is 29.8 Å². The van der Waals surface area contributed by atoms with Gasteiger partial charge in [0.05, 0.1) is 12.5 Å². The Labute approximate surface area is 112 Å². The molecule has 0 spiro atoms. The van der Waals surface area contributed by atoms with Gasteiger partial charge in [0, 0.05) is 12.1 Å². The van der Waals surface area contributed by atoms with Crippen molar-refractivity contribution in [2.45, 2.75) is 12.8 Å². The Balaban J connectivity index is 0.00000120. The Morgan fingerprint density at radius 3 is 2.94 bits per heavy atom. The van der Waals surface area contributed by atoms with E-state index in [1.807, 2.05) is 0 Å². The predicted molar refractivity (Wildman–Crippen MR) is 71.8 cm³/mol. The average Bonchev–Trinajstić information content (AvgIpc) is 2.82. The van der Waals surface area contributed by atoms with Gasteiger partial charge in [-0.3, -0.25) is 9.79 Å². The Morgan fingerprint density at radius 2 is 2.22 bits per heavy atom. The summed E-state index contributed by atoms with van der Waals surface area (Å²) in [6, 6.07) is 4.98. The monoisotopic (exact) mass is 266 g/mol. The number of phenols is 1. The lowest BCUT2D eigenvalue weighted by atomic mass is 9.82. The Hall–Kier alpha value is -1.55. The summed E-state index contributed by atoms with van der Waals surface area (Å²) in [6.07, 6.45) is 1.60. The molecule has 0 amide bonds. The summed E-state index contributed by atoms with van der Waals surface area (Å²) in [5.74, 6) is 1.08. The zero-order chi connectivity index (χ0) is 11.8. The number of aliphatic imine (C=N–C) groups is 1. The Kier molecular flexibility index (Phi) is 3.57. The van der Waals surface area contributed by atoms with Crippen molar-refractivity contribution in [1.82, 2.24) is 5.32 Å². The molecule has 18 heavy (non-hydrogen) atoms. The fourth-order valence-corrected chi connectivity index (χ4v) is 2.56. The van der Waals surface area contributed by atoms with Gasteiger partial charge in [-0.2, -0.15) is 0 Å². The minimum atomic E-state index is -0.116. The lowest BCUT2D eigenvalue weighted by molar-refractivity contribution is 0.0939. The lowest BCUT2D eigenvalue weighted by Crippen LogP contribution is -2.35. The highest BCUT2D eigenvalue weighted by Crippen LogP contribution is 2.29. The van der Waals surface area contributed by atoms with Crippen LogP contribution < -0.4 is 5.32 Å². The van der Waals surface area contributed by atoms with Crippen LogP contribution >= 0.6 is 12.4 Å². The number of amidine groups is 1. The van der Waals surface area contributed by atoms with Crippen LogP contribution in [0, 0.1) is 5.92 Å². The summed E-state index contributed by atoms with van der Waals surface area (Å²) in [5, 5.41) is 12.6. The van der Waals surface area contributed by atoms with Crippen molar-refractivity contribution < 1.29 is 9.90 Å². The first-order chi connectivity index (χ1) is 8.25. The smallest absolute Gasteiger partial charge is 0.173 e. The Morgan fingerprint density at radius 1 is 1.39 bits per heavy atom. The number of carbonyl (C=O) groups excluding carboxylic acids is 1. The predicted octanol–water partition coefficient (Wildman–Crippen LogP) is 1.56. The van der Waals surface area contributed by atoms with Crippen molar-refractivity contribution in [1.29, 1.82) is 0 Å². The molecule has 1 heterocycles. The van der Waals surface area contributed by atoms with E-state index in [4.69, 9.17) is 0 Å². The molecule has 0 aromatic heterocycles. The van der Waals surface area contributed by atoms with Crippen LogP contribution in [0.15, 0.2) is 23.2 Å². The number of hydrogen-bond acceptors (Lipinski definition) is 4. The van der Waals surface area contributed by atoms with E-state index in [-0.39, 0.29) is 29.9 Å². The zero-order valence-corrected chi connectivity index (χ0v) is 10.7. The van der Waals surface area contributed by atoms with Gasteiger partial charge in [-0.15, -0.1) is 12.4 Å². The van der Waals surface area contributed by atoms with E-state index in [9.17, 15) is 9.90 Å². The van der Waals surface area contributed by atoms with Crippen LogP contribution in [0.2, 0.25) is 0 Å². The standard InChI is InChI=1S/C13H14N2O2.ClH/c16-9-2-4-10-8(7-9)1-3-11(12(10)17)13-14-5-6-15-13;/h2,4,7,11,16H,1,3,5-6H2,(H,14,15);1H. The van der Waals surface area contributed by atoms with Crippen molar-refractivity contribution in [2.24, 2.45) is 10.9 Å². The number of ketones is 1. The SMILES string of the molecule is Cl.O=C1c2ccc(O)cc2CCC1C1=NCCN1. The number of rotatable bonds is 1. The van der Waals surface area contributed by atoms with Crippen molar-refractivity contribution in [3.05, 3.63) is 29.3 Å². The van der Waals surface area contributed by atoms with Crippen LogP contribution in [0.5, 0.6) is 5.75 Å². The number of fused-ring (bicyclic) bond motifs is 1. The number of nitrogens with one attached hydrogen (secondary N) is 1. The van der Waals surface area contributed by atoms with E-state index in [0.29, 0.717) is 0 Å². The molecular formula is C13H15ClN2O2. The number of hydrogen-bond donors (Lipinski definition) is 2. The highest BCUT2D eigenvalue weighted by atomic mass is 35.5. The summed E-state index contributed by atoms with van der Waals surface area (Å²) in [5.41, 5.74) is 1.68. The van der Waals surface area contributed by atoms with Gasteiger partial charge in [0.1, 0.15) is 11.6 Å². The van der Waals surface area contributed by atoms with E-state index in [2.05, 4.69) is 10.3 Å². The molecule has 0 saturated carbocycles. The second kappa shape index (κ2) is 4.98. The molecule has 1 atom stereocenters. The summed E-state index contributed by atoms with van der Waals surface area (Å²) >= 11 is 0. The van der Waals surface area contributed by atoms with Crippen molar-refractivity contribution in [3.63, 3.8) is 0 Å². The van der Waals surface area contributed by atoms with Crippen molar-refractivity contribution in [3.8, 4) is 5.75 Å². The van der Waals surface area contributed by atoms with Crippen LogP contribution in [-0.2, 0) is 6.42 Å². The van der Waals surface area contributed by atoms with Crippen LogP contribution in [0.4, 0.5) is 0 Å². The molecule has 0 fully saturated rings. The minimum Gasteiger partial charge on any atom is -0.508 e. The average molecular weight is 267 g/mol. The first kappa shape index (κ1) is 12.9. The summed E-state index contributed by atoms with van der Waals surface area (Å²) in [6.45, 7) is 1.60. The van der Waals surface area contributed by atoms with Gasteiger partial charge < -0.3 is 10.4 Å². The maximum Gasteiger partial charge on any atom is 0.173 e. The first-order valence-corrected chi connectivity index (χ1v) is 5.90. The van der Waals surface area contributed by atoms with E-state index >= 15 is 0 Å². The fraction of sp³-hybridized carbons (Fsp3) is 0.385. The van der Waals surface area contributed by atoms with E-state index in [1.54, 1.807) is 18.2 Å². The zero-order valence-electron chi connectivity index (χ0n) is 9.85. The molecule has 0 bridgehead atoms. The third-order valence-electron chi connectivity index (χ3n) is 3.40. The molecule has 3 rings (SSSR count).